The van der Waals surface area contributed by atoms with Crippen molar-refractivity contribution in [3.05, 3.63) is 91.3 Å². The fourth-order valence-corrected chi connectivity index (χ4v) is 6.12. The van der Waals surface area contributed by atoms with Crippen LogP contribution in [-0.4, -0.2) is 82.3 Å². The predicted octanol–water partition coefficient (Wildman–Crippen LogP) is 4.84. The van der Waals surface area contributed by atoms with Gasteiger partial charge in [0.1, 0.15) is 30.0 Å². The van der Waals surface area contributed by atoms with Crippen LogP contribution in [0.3, 0.4) is 0 Å². The summed E-state index contributed by atoms with van der Waals surface area (Å²) in [5.74, 6) is 0.848. The van der Waals surface area contributed by atoms with Crippen LogP contribution in [0.5, 0.6) is 5.75 Å². The lowest BCUT2D eigenvalue weighted by Crippen LogP contribution is -2.44. The molecule has 0 saturated carbocycles. The van der Waals surface area contributed by atoms with Crippen molar-refractivity contribution in [2.45, 2.75) is 12.5 Å². The lowest BCUT2D eigenvalue weighted by atomic mass is 10.00. The molecular weight excluding hydrogens is 615 g/mol. The number of amides is 1. The number of methoxy groups -OCH3 is 1. The number of aromatic nitrogens is 5. The van der Waals surface area contributed by atoms with Crippen molar-refractivity contribution in [3.8, 4) is 17.0 Å². The molecule has 0 aliphatic carbocycles. The van der Waals surface area contributed by atoms with Crippen LogP contribution in [0, 0.1) is 5.82 Å². The highest BCUT2D eigenvalue weighted by molar-refractivity contribution is 6.02. The molecule has 2 N–H and O–H groups in total. The monoisotopic (exact) mass is 650 g/mol. The largest absolute Gasteiger partial charge is 0.494 e. The number of likely N-dealkylation sites (N-methyl/N-ethyl adjacent to an activating group) is 1. The van der Waals surface area contributed by atoms with Crippen molar-refractivity contribution >= 4 is 40.3 Å². The molecule has 3 aromatic heterocycles. The van der Waals surface area contributed by atoms with E-state index in [0.29, 0.717) is 53.0 Å². The average Bonchev–Trinajstić information content (AvgIpc) is 3.79. The van der Waals surface area contributed by atoms with Crippen molar-refractivity contribution in [2.75, 3.05) is 67.5 Å². The van der Waals surface area contributed by atoms with Gasteiger partial charge in [0.2, 0.25) is 5.91 Å². The number of hydrogen-bond acceptors (Lipinski definition) is 11. The summed E-state index contributed by atoms with van der Waals surface area (Å²) in [6.07, 6.45) is 4.77. The summed E-state index contributed by atoms with van der Waals surface area (Å²) in [5, 5.41) is 12.3. The Bertz CT molecular complexity index is 1980. The van der Waals surface area contributed by atoms with E-state index >= 15 is 4.39 Å². The van der Waals surface area contributed by atoms with E-state index in [1.807, 2.05) is 36.4 Å². The number of nitrogens with zero attached hydrogens (tertiary/aromatic N) is 8. The average molecular weight is 651 g/mol. The SMILES string of the molecule is C=CC(=O)Nc1cc(Nc2cc(N3OCC[C@@H]3c3cc(F)cc(-c4cccc5ncnn45)c3)ncn2)c(OC)cc1N1CCN(C)CC1. The van der Waals surface area contributed by atoms with Gasteiger partial charge in [0.15, 0.2) is 11.5 Å². The zero-order valence-corrected chi connectivity index (χ0v) is 26.6. The number of nitrogens with one attached hydrogen (secondary N) is 2. The first kappa shape index (κ1) is 31.0. The zero-order chi connectivity index (χ0) is 33.2. The summed E-state index contributed by atoms with van der Waals surface area (Å²) < 4.78 is 22.6. The van der Waals surface area contributed by atoms with E-state index in [4.69, 9.17) is 9.57 Å². The number of piperazine rings is 1. The molecule has 246 valence electrons. The summed E-state index contributed by atoms with van der Waals surface area (Å²) in [6.45, 7) is 7.44. The molecule has 14 heteroatoms. The highest BCUT2D eigenvalue weighted by atomic mass is 19.1. The van der Waals surface area contributed by atoms with Gasteiger partial charge in [-0.05, 0) is 55.1 Å². The van der Waals surface area contributed by atoms with Crippen molar-refractivity contribution in [2.24, 2.45) is 0 Å². The Labute approximate surface area is 276 Å². The Hall–Kier alpha value is -5.60. The van der Waals surface area contributed by atoms with E-state index in [9.17, 15) is 4.79 Å². The predicted molar refractivity (Wildman–Crippen MR) is 181 cm³/mol. The maximum atomic E-state index is 15.1. The normalized spacial score (nSPS) is 16.7. The highest BCUT2D eigenvalue weighted by Gasteiger charge is 2.30. The Morgan fingerprint density at radius 1 is 1.04 bits per heavy atom. The maximum Gasteiger partial charge on any atom is 0.247 e. The smallest absolute Gasteiger partial charge is 0.247 e. The number of hydroxylamine groups is 1. The van der Waals surface area contributed by atoms with Gasteiger partial charge in [-0.2, -0.15) is 5.10 Å². The van der Waals surface area contributed by atoms with Crippen molar-refractivity contribution in [1.82, 2.24) is 29.5 Å². The number of carbonyl (C=O) groups is 1. The molecular formula is C34H35FN10O3. The van der Waals surface area contributed by atoms with E-state index in [2.05, 4.69) is 54.1 Å². The zero-order valence-electron chi connectivity index (χ0n) is 26.6. The van der Waals surface area contributed by atoms with Gasteiger partial charge >= 0.3 is 0 Å². The van der Waals surface area contributed by atoms with Crippen LogP contribution >= 0.6 is 0 Å². The van der Waals surface area contributed by atoms with Crippen molar-refractivity contribution in [3.63, 3.8) is 0 Å². The first-order valence-electron chi connectivity index (χ1n) is 15.6. The molecule has 5 heterocycles. The first-order chi connectivity index (χ1) is 23.4. The maximum absolute atomic E-state index is 15.1. The van der Waals surface area contributed by atoms with Crippen LogP contribution in [0.1, 0.15) is 18.0 Å². The number of pyridine rings is 1. The molecule has 7 rings (SSSR count). The van der Waals surface area contributed by atoms with Gasteiger partial charge in [-0.3, -0.25) is 9.63 Å². The summed E-state index contributed by atoms with van der Waals surface area (Å²) in [7, 11) is 3.69. The molecule has 1 atom stereocenters. The molecule has 0 radical (unpaired) electrons. The Kier molecular flexibility index (Phi) is 8.57. The Morgan fingerprint density at radius 2 is 1.90 bits per heavy atom. The molecule has 0 unspecified atom stereocenters. The van der Waals surface area contributed by atoms with Gasteiger partial charge in [-0.15, -0.1) is 0 Å². The number of hydrogen-bond donors (Lipinski definition) is 2. The second-order valence-corrected chi connectivity index (χ2v) is 11.6. The van der Waals surface area contributed by atoms with Crippen LogP contribution in [0.4, 0.5) is 33.1 Å². The highest BCUT2D eigenvalue weighted by Crippen LogP contribution is 2.40. The molecule has 0 spiro atoms. The quantitative estimate of drug-likeness (QED) is 0.213. The number of carbonyl (C=O) groups excluding carboxylic acids is 1. The molecule has 2 fully saturated rings. The van der Waals surface area contributed by atoms with Crippen LogP contribution in [0.2, 0.25) is 0 Å². The molecule has 13 nitrogen and oxygen atoms in total. The Balaban J connectivity index is 1.18. The molecule has 2 aliphatic heterocycles. The fourth-order valence-electron chi connectivity index (χ4n) is 6.12. The summed E-state index contributed by atoms with van der Waals surface area (Å²) in [6, 6.07) is 15.7. The summed E-state index contributed by atoms with van der Waals surface area (Å²) in [4.78, 5) is 36.1. The lowest BCUT2D eigenvalue weighted by molar-refractivity contribution is -0.111. The van der Waals surface area contributed by atoms with Crippen LogP contribution < -0.4 is 25.3 Å². The molecule has 1 amide bonds. The van der Waals surface area contributed by atoms with Crippen molar-refractivity contribution in [1.29, 1.82) is 0 Å². The minimum absolute atomic E-state index is 0.310. The van der Waals surface area contributed by atoms with E-state index in [0.717, 1.165) is 43.1 Å². The lowest BCUT2D eigenvalue weighted by Gasteiger charge is -2.35. The van der Waals surface area contributed by atoms with Gasteiger partial charge in [0, 0.05) is 50.3 Å². The number of fused-ring (bicyclic) bond motifs is 1. The summed E-state index contributed by atoms with van der Waals surface area (Å²) >= 11 is 0. The number of benzene rings is 2. The molecule has 2 saturated heterocycles. The summed E-state index contributed by atoms with van der Waals surface area (Å²) in [5.41, 5.74) is 4.86. The molecule has 0 bridgehead atoms. The van der Waals surface area contributed by atoms with Gasteiger partial charge in [0.05, 0.1) is 42.5 Å². The molecule has 2 aliphatic rings. The van der Waals surface area contributed by atoms with Gasteiger partial charge in [0.25, 0.3) is 0 Å². The minimum Gasteiger partial charge on any atom is -0.494 e. The van der Waals surface area contributed by atoms with E-state index < -0.39 is 0 Å². The third-order valence-electron chi connectivity index (χ3n) is 8.55. The van der Waals surface area contributed by atoms with Crippen LogP contribution in [0.25, 0.3) is 16.9 Å². The van der Waals surface area contributed by atoms with Gasteiger partial charge in [-0.25, -0.2) is 28.9 Å². The number of anilines is 5. The van der Waals surface area contributed by atoms with E-state index in [-0.39, 0.29) is 17.8 Å². The van der Waals surface area contributed by atoms with E-state index in [1.54, 1.807) is 22.8 Å². The standard InChI is InChI=1S/C34H35FN10O3/c1-4-34(46)41-25-17-26(30(47-3)18-29(25)43-11-9-42(2)10-12-43)40-31-19-33(37-20-36-31)45-28(8-13-48-45)23-14-22(15-24(35)16-23)27-6-5-7-32-38-21-39-44(27)32/h4-7,14-21,28H,1,8-13H2,2-3H3,(H,41,46)(H,36,37,40)/t28-/m1/s1. The van der Waals surface area contributed by atoms with Gasteiger partial charge < -0.3 is 25.2 Å². The molecule has 5 aromatic rings. The number of rotatable bonds is 9. The Morgan fingerprint density at radius 3 is 2.71 bits per heavy atom. The van der Waals surface area contributed by atoms with Gasteiger partial charge in [-0.1, -0.05) is 12.6 Å². The molecule has 48 heavy (non-hydrogen) atoms. The third-order valence-corrected chi connectivity index (χ3v) is 8.55. The second-order valence-electron chi connectivity index (χ2n) is 11.6. The molecule has 2 aromatic carbocycles. The third kappa shape index (κ3) is 6.22. The fraction of sp³-hybridized carbons (Fsp3) is 0.265. The second kappa shape index (κ2) is 13.3. The van der Waals surface area contributed by atoms with Crippen LogP contribution in [-0.2, 0) is 9.63 Å². The first-order valence-corrected chi connectivity index (χ1v) is 15.6. The van der Waals surface area contributed by atoms with Crippen molar-refractivity contribution < 1.29 is 18.8 Å². The number of halogens is 1. The topological polar surface area (TPSA) is 125 Å². The van der Waals surface area contributed by atoms with E-state index in [1.165, 1.54) is 30.9 Å². The van der Waals surface area contributed by atoms with Crippen LogP contribution in [0.15, 0.2) is 79.9 Å². The minimum atomic E-state index is -0.372. The number of ether oxygens (including phenoxy) is 1.